The quantitative estimate of drug-likeness (QED) is 0.580. The fourth-order valence-electron chi connectivity index (χ4n) is 3.04. The fourth-order valence-corrected chi connectivity index (χ4v) is 4.06. The van der Waals surface area contributed by atoms with Gasteiger partial charge >= 0.3 is 0 Å². The largest absolute Gasteiger partial charge is 0.352 e. The topological polar surface area (TPSA) is 75.3 Å². The van der Waals surface area contributed by atoms with Crippen LogP contribution in [0, 0.1) is 13.8 Å². The number of hydrogen-bond acceptors (Lipinski definition) is 3. The third-order valence-corrected chi connectivity index (χ3v) is 6.21. The van der Waals surface area contributed by atoms with Crippen LogP contribution in [0.25, 0.3) is 0 Å². The van der Waals surface area contributed by atoms with E-state index in [9.17, 15) is 13.2 Å². The number of carbonyl (C=O) groups excluding carboxylic acids is 1. The van der Waals surface area contributed by atoms with Crippen LogP contribution in [-0.2, 0) is 23.0 Å². The van der Waals surface area contributed by atoms with E-state index in [2.05, 4.69) is 16.1 Å². The van der Waals surface area contributed by atoms with Crippen molar-refractivity contribution >= 4 is 15.9 Å². The van der Waals surface area contributed by atoms with Gasteiger partial charge < -0.3 is 5.32 Å². The van der Waals surface area contributed by atoms with E-state index in [1.165, 1.54) is 11.1 Å². The van der Waals surface area contributed by atoms with Gasteiger partial charge in [-0.25, -0.2) is 13.1 Å². The number of hydrogen-bond donors (Lipinski definition) is 2. The van der Waals surface area contributed by atoms with Crippen LogP contribution in [0.3, 0.4) is 0 Å². The summed E-state index contributed by atoms with van der Waals surface area (Å²) in [7, 11) is -3.57. The maximum absolute atomic E-state index is 12.4. The van der Waals surface area contributed by atoms with E-state index < -0.39 is 10.0 Å². The van der Waals surface area contributed by atoms with Crippen LogP contribution < -0.4 is 10.0 Å². The van der Waals surface area contributed by atoms with Crippen molar-refractivity contribution in [1.29, 1.82) is 0 Å². The predicted octanol–water partition coefficient (Wildman–Crippen LogP) is 3.75. The monoisotopic (exact) mass is 422 g/mol. The molecule has 0 aliphatic carbocycles. The predicted molar refractivity (Wildman–Crippen MR) is 119 cm³/mol. The van der Waals surface area contributed by atoms with Crippen molar-refractivity contribution in [3.8, 4) is 0 Å². The third kappa shape index (κ3) is 6.02. The van der Waals surface area contributed by atoms with Crippen molar-refractivity contribution in [2.75, 3.05) is 6.54 Å². The van der Waals surface area contributed by atoms with E-state index in [-0.39, 0.29) is 17.3 Å². The van der Waals surface area contributed by atoms with Crippen molar-refractivity contribution in [3.05, 3.63) is 101 Å². The van der Waals surface area contributed by atoms with Gasteiger partial charge in [0.15, 0.2) is 0 Å². The first-order valence-corrected chi connectivity index (χ1v) is 11.3. The Balaban J connectivity index is 1.51. The lowest BCUT2D eigenvalue weighted by Gasteiger charge is -2.09. The normalized spacial score (nSPS) is 11.3. The lowest BCUT2D eigenvalue weighted by atomic mass is 10.1. The Morgan fingerprint density at radius 1 is 0.833 bits per heavy atom. The molecule has 0 unspecified atom stereocenters. The lowest BCUT2D eigenvalue weighted by molar-refractivity contribution is 0.0954. The zero-order valence-corrected chi connectivity index (χ0v) is 18.0. The van der Waals surface area contributed by atoms with Gasteiger partial charge in [-0.05, 0) is 55.7 Å². The molecule has 0 saturated heterocycles. The Hall–Kier alpha value is -2.96. The van der Waals surface area contributed by atoms with Crippen LogP contribution in [0.2, 0.25) is 0 Å². The van der Waals surface area contributed by atoms with Crippen molar-refractivity contribution in [2.24, 2.45) is 0 Å². The summed E-state index contributed by atoms with van der Waals surface area (Å²) in [6.07, 6.45) is 0.770. The molecular formula is C24H26N2O3S. The Morgan fingerprint density at radius 3 is 2.20 bits per heavy atom. The fraction of sp³-hybridized carbons (Fsp3) is 0.208. The molecule has 156 valence electrons. The van der Waals surface area contributed by atoms with E-state index in [1.54, 1.807) is 48.5 Å². The molecule has 3 rings (SSSR count). The number of benzene rings is 3. The molecule has 0 fully saturated rings. The van der Waals surface area contributed by atoms with Gasteiger partial charge in [-0.15, -0.1) is 0 Å². The van der Waals surface area contributed by atoms with Crippen molar-refractivity contribution in [1.82, 2.24) is 10.0 Å². The highest BCUT2D eigenvalue weighted by atomic mass is 32.2. The molecule has 0 heterocycles. The molecular weight excluding hydrogens is 396 g/mol. The van der Waals surface area contributed by atoms with E-state index in [4.69, 9.17) is 0 Å². The molecule has 2 N–H and O–H groups in total. The molecule has 1 amide bonds. The molecule has 5 nitrogen and oxygen atoms in total. The van der Waals surface area contributed by atoms with Gasteiger partial charge in [-0.1, -0.05) is 59.7 Å². The van der Waals surface area contributed by atoms with Gasteiger partial charge in [0.25, 0.3) is 5.91 Å². The second-order valence-corrected chi connectivity index (χ2v) is 9.10. The third-order valence-electron chi connectivity index (χ3n) is 4.80. The number of carbonyl (C=O) groups is 1. The number of nitrogens with one attached hydrogen (secondary N) is 2. The summed E-state index contributed by atoms with van der Waals surface area (Å²) in [5.74, 6) is -0.144. The molecule has 0 radical (unpaired) electrons. The number of aryl methyl sites for hydroxylation is 2. The first-order valence-electron chi connectivity index (χ1n) is 9.82. The van der Waals surface area contributed by atoms with E-state index in [0.29, 0.717) is 12.1 Å². The molecule has 0 atom stereocenters. The lowest BCUT2D eigenvalue weighted by Crippen LogP contribution is -2.26. The van der Waals surface area contributed by atoms with Crippen LogP contribution in [0.15, 0.2) is 77.7 Å². The van der Waals surface area contributed by atoms with Gasteiger partial charge in [-0.3, -0.25) is 4.79 Å². The Bertz CT molecular complexity index is 1110. The van der Waals surface area contributed by atoms with E-state index in [1.807, 2.05) is 32.0 Å². The number of amides is 1. The van der Waals surface area contributed by atoms with Crippen LogP contribution in [0.4, 0.5) is 0 Å². The minimum atomic E-state index is -3.57. The van der Waals surface area contributed by atoms with Crippen LogP contribution in [0.5, 0.6) is 0 Å². The standard InChI is InChI=1S/C24H26N2O3S/c1-18-6-12-23(13-7-18)30(28,29)26-17-21-8-10-22(11-9-21)24(27)25-15-14-20-5-3-4-19(2)16-20/h3-13,16,26H,14-15,17H2,1-2H3,(H,25,27). The summed E-state index contributed by atoms with van der Waals surface area (Å²) in [6, 6.07) is 21.8. The summed E-state index contributed by atoms with van der Waals surface area (Å²) in [5.41, 5.74) is 4.71. The molecule has 0 bridgehead atoms. The van der Waals surface area contributed by atoms with Crippen molar-refractivity contribution < 1.29 is 13.2 Å². The second-order valence-electron chi connectivity index (χ2n) is 7.33. The Morgan fingerprint density at radius 2 is 1.53 bits per heavy atom. The molecule has 3 aromatic rings. The van der Waals surface area contributed by atoms with E-state index in [0.717, 1.165) is 17.5 Å². The molecule has 0 aliphatic heterocycles. The Kier molecular flexibility index (Phi) is 7.03. The molecule has 0 aliphatic rings. The van der Waals surface area contributed by atoms with Crippen molar-refractivity contribution in [3.63, 3.8) is 0 Å². The zero-order valence-electron chi connectivity index (χ0n) is 17.2. The maximum atomic E-state index is 12.4. The average molecular weight is 423 g/mol. The average Bonchev–Trinajstić information content (AvgIpc) is 2.73. The maximum Gasteiger partial charge on any atom is 0.251 e. The van der Waals surface area contributed by atoms with E-state index >= 15 is 0 Å². The van der Waals surface area contributed by atoms with Crippen LogP contribution >= 0.6 is 0 Å². The summed E-state index contributed by atoms with van der Waals surface area (Å²) in [6.45, 7) is 4.67. The molecule has 0 spiro atoms. The highest BCUT2D eigenvalue weighted by molar-refractivity contribution is 7.89. The van der Waals surface area contributed by atoms with Crippen molar-refractivity contribution in [2.45, 2.75) is 31.7 Å². The van der Waals surface area contributed by atoms with Gasteiger partial charge in [0, 0.05) is 18.7 Å². The SMILES string of the molecule is Cc1ccc(S(=O)(=O)NCc2ccc(C(=O)NCCc3cccc(C)c3)cc2)cc1. The van der Waals surface area contributed by atoms with Crippen LogP contribution in [-0.4, -0.2) is 20.9 Å². The molecule has 30 heavy (non-hydrogen) atoms. The zero-order chi connectivity index (χ0) is 21.6. The van der Waals surface area contributed by atoms with Crippen LogP contribution in [0.1, 0.15) is 32.6 Å². The summed E-state index contributed by atoms with van der Waals surface area (Å²) in [4.78, 5) is 12.6. The molecule has 0 aromatic heterocycles. The molecule has 3 aromatic carbocycles. The summed E-state index contributed by atoms with van der Waals surface area (Å²) >= 11 is 0. The highest BCUT2D eigenvalue weighted by Gasteiger charge is 2.13. The van der Waals surface area contributed by atoms with Gasteiger partial charge in [0.1, 0.15) is 0 Å². The second kappa shape index (κ2) is 9.69. The Labute approximate surface area is 178 Å². The highest BCUT2D eigenvalue weighted by Crippen LogP contribution is 2.11. The first-order chi connectivity index (χ1) is 14.3. The molecule has 0 saturated carbocycles. The minimum Gasteiger partial charge on any atom is -0.352 e. The van der Waals surface area contributed by atoms with Gasteiger partial charge in [0.05, 0.1) is 4.90 Å². The number of sulfonamides is 1. The summed E-state index contributed by atoms with van der Waals surface area (Å²) in [5, 5.41) is 2.92. The first kappa shape index (κ1) is 21.7. The summed E-state index contributed by atoms with van der Waals surface area (Å²) < 4.78 is 27.3. The van der Waals surface area contributed by atoms with Gasteiger partial charge in [0.2, 0.25) is 10.0 Å². The smallest absolute Gasteiger partial charge is 0.251 e. The number of rotatable bonds is 8. The molecule has 6 heteroatoms. The van der Waals surface area contributed by atoms with Gasteiger partial charge in [-0.2, -0.15) is 0 Å². The minimum absolute atomic E-state index is 0.144.